The molecule has 0 unspecified atom stereocenters. The van der Waals surface area contributed by atoms with E-state index in [0.29, 0.717) is 11.3 Å². The number of amides is 2. The van der Waals surface area contributed by atoms with Gasteiger partial charge >= 0.3 is 0 Å². The van der Waals surface area contributed by atoms with Crippen molar-refractivity contribution in [2.24, 2.45) is 0 Å². The highest BCUT2D eigenvalue weighted by Crippen LogP contribution is 2.09. The van der Waals surface area contributed by atoms with E-state index in [4.69, 9.17) is 0 Å². The van der Waals surface area contributed by atoms with Crippen molar-refractivity contribution in [1.82, 2.24) is 5.32 Å². The highest BCUT2D eigenvalue weighted by Gasteiger charge is 2.09. The van der Waals surface area contributed by atoms with Crippen molar-refractivity contribution in [1.29, 1.82) is 0 Å². The van der Waals surface area contributed by atoms with Crippen LogP contribution in [0.5, 0.6) is 0 Å². The minimum absolute atomic E-state index is 0.119. The maximum atomic E-state index is 13.0. The summed E-state index contributed by atoms with van der Waals surface area (Å²) in [7, 11) is 0. The number of anilines is 1. The van der Waals surface area contributed by atoms with Crippen molar-refractivity contribution in [2.45, 2.75) is 13.3 Å². The van der Waals surface area contributed by atoms with Crippen LogP contribution in [-0.4, -0.2) is 18.4 Å². The Bertz CT molecular complexity index is 686. The molecule has 0 radical (unpaired) electrons. The van der Waals surface area contributed by atoms with Crippen LogP contribution in [-0.2, 0) is 4.79 Å². The quantitative estimate of drug-likeness (QED) is 0.892. The van der Waals surface area contributed by atoms with E-state index in [1.54, 1.807) is 18.2 Å². The molecule has 0 aliphatic carbocycles. The first-order valence-electron chi connectivity index (χ1n) is 6.95. The van der Waals surface area contributed by atoms with Crippen LogP contribution in [0.3, 0.4) is 0 Å². The van der Waals surface area contributed by atoms with Gasteiger partial charge in [0.2, 0.25) is 5.91 Å². The molecule has 0 saturated heterocycles. The first-order valence-corrected chi connectivity index (χ1v) is 6.95. The van der Waals surface area contributed by atoms with Crippen molar-refractivity contribution < 1.29 is 14.0 Å². The van der Waals surface area contributed by atoms with E-state index in [-0.39, 0.29) is 24.8 Å². The topological polar surface area (TPSA) is 58.2 Å². The Hall–Kier alpha value is -2.69. The smallest absolute Gasteiger partial charge is 0.251 e. The van der Waals surface area contributed by atoms with Crippen LogP contribution in [0.2, 0.25) is 0 Å². The lowest BCUT2D eigenvalue weighted by Gasteiger charge is -2.08. The van der Waals surface area contributed by atoms with Crippen LogP contribution in [0.15, 0.2) is 48.5 Å². The van der Waals surface area contributed by atoms with Crippen molar-refractivity contribution in [3.05, 3.63) is 65.5 Å². The molecule has 2 N–H and O–H groups in total. The van der Waals surface area contributed by atoms with Crippen LogP contribution >= 0.6 is 0 Å². The number of carbonyl (C=O) groups is 2. The van der Waals surface area contributed by atoms with E-state index >= 15 is 0 Å². The molecule has 0 aromatic heterocycles. The predicted molar refractivity (Wildman–Crippen MR) is 83.2 cm³/mol. The largest absolute Gasteiger partial charge is 0.352 e. The second-order valence-corrected chi connectivity index (χ2v) is 4.88. The molecule has 0 bridgehead atoms. The average molecular weight is 300 g/mol. The highest BCUT2D eigenvalue weighted by molar-refractivity contribution is 5.96. The van der Waals surface area contributed by atoms with Gasteiger partial charge in [-0.15, -0.1) is 0 Å². The Balaban J connectivity index is 1.80. The second-order valence-electron chi connectivity index (χ2n) is 4.88. The summed E-state index contributed by atoms with van der Waals surface area (Å²) in [5.74, 6) is -0.905. The van der Waals surface area contributed by atoms with Crippen molar-refractivity contribution in [3.63, 3.8) is 0 Å². The number of benzene rings is 2. The van der Waals surface area contributed by atoms with Crippen molar-refractivity contribution in [2.75, 3.05) is 11.9 Å². The first kappa shape index (κ1) is 15.7. The minimum atomic E-state index is -0.411. The molecule has 0 aliphatic rings. The van der Waals surface area contributed by atoms with Gasteiger partial charge in [0.15, 0.2) is 0 Å². The molecule has 4 nitrogen and oxygen atoms in total. The molecule has 0 aliphatic heterocycles. The zero-order chi connectivity index (χ0) is 15.9. The molecule has 0 spiro atoms. The molecular formula is C17H17FN2O2. The Morgan fingerprint density at radius 3 is 2.59 bits per heavy atom. The molecule has 2 amide bonds. The maximum absolute atomic E-state index is 13.0. The van der Waals surface area contributed by atoms with Gasteiger partial charge in [-0.25, -0.2) is 4.39 Å². The third-order valence-corrected chi connectivity index (χ3v) is 3.14. The van der Waals surface area contributed by atoms with Crippen LogP contribution in [0, 0.1) is 12.7 Å². The molecule has 5 heteroatoms. The standard InChI is InChI=1S/C17H17FN2O2/c1-12-5-2-3-8-15(12)17(22)19-10-9-16(21)20-14-7-4-6-13(18)11-14/h2-8,11H,9-10H2,1H3,(H,19,22)(H,20,21). The lowest BCUT2D eigenvalue weighted by Crippen LogP contribution is -2.28. The average Bonchev–Trinajstić information content (AvgIpc) is 2.47. The maximum Gasteiger partial charge on any atom is 0.251 e. The predicted octanol–water partition coefficient (Wildman–Crippen LogP) is 2.89. The summed E-state index contributed by atoms with van der Waals surface area (Å²) < 4.78 is 13.0. The molecular weight excluding hydrogens is 283 g/mol. The molecule has 0 saturated carbocycles. The molecule has 0 atom stereocenters. The van der Waals surface area contributed by atoms with Gasteiger partial charge in [0.05, 0.1) is 0 Å². The third kappa shape index (κ3) is 4.41. The number of nitrogens with one attached hydrogen (secondary N) is 2. The Labute approximate surface area is 128 Å². The zero-order valence-electron chi connectivity index (χ0n) is 12.2. The van der Waals surface area contributed by atoms with Crippen LogP contribution in [0.1, 0.15) is 22.3 Å². The number of carbonyl (C=O) groups excluding carboxylic acids is 2. The Morgan fingerprint density at radius 2 is 1.86 bits per heavy atom. The first-order chi connectivity index (χ1) is 10.6. The van der Waals surface area contributed by atoms with Gasteiger partial charge in [0, 0.05) is 24.2 Å². The molecule has 0 fully saturated rings. The van der Waals surface area contributed by atoms with Gasteiger partial charge in [0.1, 0.15) is 5.82 Å². The van der Waals surface area contributed by atoms with E-state index in [2.05, 4.69) is 10.6 Å². The molecule has 2 rings (SSSR count). The Morgan fingerprint density at radius 1 is 1.09 bits per heavy atom. The fourth-order valence-corrected chi connectivity index (χ4v) is 2.00. The summed E-state index contributed by atoms with van der Waals surface area (Å²) in [5, 5.41) is 5.27. The van der Waals surface area contributed by atoms with Gasteiger partial charge in [-0.1, -0.05) is 24.3 Å². The van der Waals surface area contributed by atoms with Gasteiger partial charge in [-0.3, -0.25) is 9.59 Å². The summed E-state index contributed by atoms with van der Waals surface area (Å²) >= 11 is 0. The van der Waals surface area contributed by atoms with Crippen LogP contribution in [0.4, 0.5) is 10.1 Å². The molecule has 0 heterocycles. The number of aryl methyl sites for hydroxylation is 1. The molecule has 22 heavy (non-hydrogen) atoms. The highest BCUT2D eigenvalue weighted by atomic mass is 19.1. The Kier molecular flexibility index (Phi) is 5.25. The van der Waals surface area contributed by atoms with Crippen molar-refractivity contribution in [3.8, 4) is 0 Å². The molecule has 2 aromatic rings. The number of hydrogen-bond donors (Lipinski definition) is 2. The van der Waals surface area contributed by atoms with Gasteiger partial charge in [0.25, 0.3) is 5.91 Å². The molecule has 114 valence electrons. The van der Waals surface area contributed by atoms with E-state index < -0.39 is 5.82 Å². The van der Waals surface area contributed by atoms with Crippen molar-refractivity contribution >= 4 is 17.5 Å². The summed E-state index contributed by atoms with van der Waals surface area (Å²) in [4.78, 5) is 23.7. The van der Waals surface area contributed by atoms with E-state index in [1.807, 2.05) is 19.1 Å². The SMILES string of the molecule is Cc1ccccc1C(=O)NCCC(=O)Nc1cccc(F)c1. The fraction of sp³-hybridized carbons (Fsp3) is 0.176. The summed E-state index contributed by atoms with van der Waals surface area (Å²) in [5.41, 5.74) is 1.87. The number of hydrogen-bond acceptors (Lipinski definition) is 2. The summed E-state index contributed by atoms with van der Waals surface area (Å²) in [6, 6.07) is 12.9. The molecule has 2 aromatic carbocycles. The van der Waals surface area contributed by atoms with Crippen LogP contribution < -0.4 is 10.6 Å². The normalized spacial score (nSPS) is 10.1. The number of rotatable bonds is 5. The van der Waals surface area contributed by atoms with E-state index in [1.165, 1.54) is 18.2 Å². The van der Waals surface area contributed by atoms with E-state index in [9.17, 15) is 14.0 Å². The fourth-order valence-electron chi connectivity index (χ4n) is 2.00. The number of halogens is 1. The second kappa shape index (κ2) is 7.36. The van der Waals surface area contributed by atoms with Gasteiger partial charge in [-0.2, -0.15) is 0 Å². The summed E-state index contributed by atoms with van der Waals surface area (Å²) in [6.07, 6.45) is 0.119. The van der Waals surface area contributed by atoms with E-state index in [0.717, 1.165) is 5.56 Å². The lowest BCUT2D eigenvalue weighted by molar-refractivity contribution is -0.116. The lowest BCUT2D eigenvalue weighted by atomic mass is 10.1. The summed E-state index contributed by atoms with van der Waals surface area (Å²) in [6.45, 7) is 2.07. The third-order valence-electron chi connectivity index (χ3n) is 3.14. The minimum Gasteiger partial charge on any atom is -0.352 e. The monoisotopic (exact) mass is 300 g/mol. The van der Waals surface area contributed by atoms with Gasteiger partial charge < -0.3 is 10.6 Å². The zero-order valence-corrected chi connectivity index (χ0v) is 12.2. The van der Waals surface area contributed by atoms with Gasteiger partial charge in [-0.05, 0) is 36.8 Å². The van der Waals surface area contributed by atoms with Crippen LogP contribution in [0.25, 0.3) is 0 Å².